The Kier molecular flexibility index (Phi) is 8.86. The molecule has 11 heteroatoms. The summed E-state index contributed by atoms with van der Waals surface area (Å²) in [6.45, 7) is 13.2. The van der Waals surface area contributed by atoms with Crippen LogP contribution in [0.4, 0.5) is 0 Å². The number of phenols is 1. The van der Waals surface area contributed by atoms with Gasteiger partial charge < -0.3 is 29.4 Å². The lowest BCUT2D eigenvalue weighted by atomic mass is 9.80. The van der Waals surface area contributed by atoms with Crippen LogP contribution >= 0.6 is 0 Å². The summed E-state index contributed by atoms with van der Waals surface area (Å²) in [5.74, 6) is 0.560. The number of nitrogens with one attached hydrogen (secondary N) is 1. The Labute approximate surface area is 280 Å². The molecule has 1 saturated heterocycles. The minimum absolute atomic E-state index is 0.00288. The van der Waals surface area contributed by atoms with E-state index in [1.807, 2.05) is 20.9 Å². The number of imide groups is 1. The summed E-state index contributed by atoms with van der Waals surface area (Å²) in [6, 6.07) is 0.786. The van der Waals surface area contributed by atoms with Crippen LogP contribution in [-0.2, 0) is 20.8 Å². The second kappa shape index (κ2) is 12.8. The van der Waals surface area contributed by atoms with E-state index in [-0.39, 0.29) is 36.6 Å². The maximum atomic E-state index is 13.9. The monoisotopic (exact) mass is 657 g/mol. The maximum absolute atomic E-state index is 13.9. The fourth-order valence-electron chi connectivity index (χ4n) is 8.16. The molecule has 0 saturated carbocycles. The number of amides is 2. The van der Waals surface area contributed by atoms with Gasteiger partial charge in [0.1, 0.15) is 5.75 Å². The number of likely N-dealkylation sites (tertiary alicyclic amines) is 1. The quantitative estimate of drug-likeness (QED) is 0.185. The van der Waals surface area contributed by atoms with Crippen LogP contribution in [-0.4, -0.2) is 72.8 Å². The summed E-state index contributed by atoms with van der Waals surface area (Å²) >= 11 is 0. The number of carbonyl (C=O) groups is 3. The molecule has 254 valence electrons. The Balaban J connectivity index is 1.62. The number of nitrogens with zero attached hydrogens (tertiary/aromatic N) is 2. The minimum atomic E-state index is -0.581. The zero-order valence-electron chi connectivity index (χ0n) is 28.6. The van der Waals surface area contributed by atoms with E-state index in [1.54, 1.807) is 26.2 Å². The van der Waals surface area contributed by atoms with Gasteiger partial charge in [0, 0.05) is 53.9 Å². The molecule has 0 aromatic heterocycles. The molecule has 11 nitrogen and oxygen atoms in total. The second-order valence-electron chi connectivity index (χ2n) is 12.7. The summed E-state index contributed by atoms with van der Waals surface area (Å²) in [5.41, 5.74) is 5.27. The normalized spacial score (nSPS) is 24.8. The highest BCUT2D eigenvalue weighted by atomic mass is 16.7. The van der Waals surface area contributed by atoms with Gasteiger partial charge in [-0.05, 0) is 63.8 Å². The van der Waals surface area contributed by atoms with Crippen molar-refractivity contribution in [1.29, 1.82) is 0 Å². The van der Waals surface area contributed by atoms with E-state index >= 15 is 0 Å². The van der Waals surface area contributed by atoms with E-state index in [0.29, 0.717) is 47.1 Å². The number of hydrogen-bond donors (Lipinski definition) is 2. The van der Waals surface area contributed by atoms with Crippen LogP contribution in [0.2, 0.25) is 0 Å². The number of benzene rings is 2. The number of esters is 1. The number of methoxy groups -OCH3 is 1. The van der Waals surface area contributed by atoms with Crippen molar-refractivity contribution in [3.05, 3.63) is 75.4 Å². The minimum Gasteiger partial charge on any atom is -0.504 e. The first kappa shape index (κ1) is 33.3. The van der Waals surface area contributed by atoms with Gasteiger partial charge >= 0.3 is 5.97 Å². The van der Waals surface area contributed by atoms with E-state index in [0.717, 1.165) is 34.2 Å². The molecular formula is C37H43N3O8. The summed E-state index contributed by atoms with van der Waals surface area (Å²) in [4.78, 5) is 43.9. The molecule has 4 aliphatic heterocycles. The number of phenolic OH excluding ortho intramolecular Hbond substituents is 1. The first-order valence-corrected chi connectivity index (χ1v) is 16.3. The van der Waals surface area contributed by atoms with Crippen molar-refractivity contribution in [2.24, 2.45) is 0 Å². The number of hydrogen-bond acceptors (Lipinski definition) is 10. The topological polar surface area (TPSA) is 127 Å². The molecule has 1 fully saturated rings. The highest BCUT2D eigenvalue weighted by molar-refractivity contribution is 6.24. The number of ether oxygens (including phenoxy) is 4. The maximum Gasteiger partial charge on any atom is 0.308 e. The van der Waals surface area contributed by atoms with E-state index in [2.05, 4.69) is 29.8 Å². The molecule has 0 radical (unpaired) electrons. The second-order valence-corrected chi connectivity index (χ2v) is 12.7. The zero-order valence-corrected chi connectivity index (χ0v) is 28.6. The fourth-order valence-corrected chi connectivity index (χ4v) is 8.16. The molecule has 2 aromatic rings. The smallest absolute Gasteiger partial charge is 0.308 e. The largest absolute Gasteiger partial charge is 0.504 e. The van der Waals surface area contributed by atoms with Gasteiger partial charge in [-0.2, -0.15) is 0 Å². The van der Waals surface area contributed by atoms with Crippen LogP contribution in [0, 0.1) is 13.8 Å². The van der Waals surface area contributed by atoms with Gasteiger partial charge in [0.2, 0.25) is 6.79 Å². The van der Waals surface area contributed by atoms with Gasteiger partial charge in [0.05, 0.1) is 24.8 Å². The van der Waals surface area contributed by atoms with Crippen molar-refractivity contribution in [2.75, 3.05) is 34.0 Å². The Morgan fingerprint density at radius 2 is 1.85 bits per heavy atom. The van der Waals surface area contributed by atoms with Crippen molar-refractivity contribution >= 4 is 17.8 Å². The van der Waals surface area contributed by atoms with Crippen LogP contribution in [0.15, 0.2) is 42.0 Å². The number of allylic oxidation sites excluding steroid dienone is 3. The first-order chi connectivity index (χ1) is 23.0. The number of aromatic hydroxyl groups is 1. The average molecular weight is 658 g/mol. The van der Waals surface area contributed by atoms with Crippen LogP contribution in [0.1, 0.15) is 78.6 Å². The number of rotatable bonds is 7. The standard InChI is InChI=1S/C37H43N3O8/c1-9-12-23-22(11-3)36(43)40(37(23)44)16-27-28-25(33(48-20(6)41)19(5)34-35(28)47-17-46-34)14-26-30(38-7)29-24(21(10-2)15-39(26)27)13-18(4)32(45-8)31(29)42/h9,11-13,21,26-27,30,38,42H,1,10,14-17H2,2-8H3/b22-11+,23-12+/t21-,26?,27-,30-/m0/s1. The third kappa shape index (κ3) is 4.98. The van der Waals surface area contributed by atoms with Gasteiger partial charge in [-0.15, -0.1) is 0 Å². The lowest BCUT2D eigenvalue weighted by Crippen LogP contribution is -2.53. The van der Waals surface area contributed by atoms with Crippen LogP contribution < -0.4 is 24.3 Å². The molecule has 0 spiro atoms. The first-order valence-electron chi connectivity index (χ1n) is 16.3. The highest BCUT2D eigenvalue weighted by Gasteiger charge is 2.50. The van der Waals surface area contributed by atoms with E-state index in [4.69, 9.17) is 18.9 Å². The highest BCUT2D eigenvalue weighted by Crippen LogP contribution is 2.56. The van der Waals surface area contributed by atoms with Crippen LogP contribution in [0.5, 0.6) is 28.7 Å². The summed E-state index contributed by atoms with van der Waals surface area (Å²) in [5, 5.41) is 15.3. The fraction of sp³-hybridized carbons (Fsp3) is 0.432. The predicted octanol–water partition coefficient (Wildman–Crippen LogP) is 4.83. The summed E-state index contributed by atoms with van der Waals surface area (Å²) in [6.07, 6.45) is 5.89. The van der Waals surface area contributed by atoms with Crippen molar-refractivity contribution in [2.45, 2.75) is 71.5 Å². The van der Waals surface area contributed by atoms with Crippen molar-refractivity contribution < 1.29 is 38.4 Å². The molecule has 0 bridgehead atoms. The third-order valence-electron chi connectivity index (χ3n) is 10.2. The van der Waals surface area contributed by atoms with Crippen molar-refractivity contribution in [3.8, 4) is 28.7 Å². The van der Waals surface area contributed by atoms with Crippen molar-refractivity contribution in [3.63, 3.8) is 0 Å². The molecule has 0 aliphatic carbocycles. The molecule has 2 N–H and O–H groups in total. The van der Waals surface area contributed by atoms with Gasteiger partial charge in [0.25, 0.3) is 11.8 Å². The van der Waals surface area contributed by atoms with E-state index in [1.165, 1.54) is 17.9 Å². The SMILES string of the molecule is C=C/C=C1/C(=O)N(C[C@H]2c3c(c(OC(C)=O)c(C)c4c3OCO4)CC3[C@H](NC)c4c(cc(C)c(OC)c4O)[C@@H](CC)CN32)C(=O)/C1=C/C. The number of aryl methyl sites for hydroxylation is 1. The lowest BCUT2D eigenvalue weighted by Gasteiger charge is -2.47. The molecule has 4 heterocycles. The third-order valence-corrected chi connectivity index (χ3v) is 10.2. The van der Waals surface area contributed by atoms with Gasteiger partial charge in [-0.1, -0.05) is 31.7 Å². The lowest BCUT2D eigenvalue weighted by molar-refractivity contribution is -0.138. The number of likely N-dealkylation sites (N-methyl/N-ethyl adjacent to an activating group) is 1. The molecule has 6 rings (SSSR count). The summed E-state index contributed by atoms with van der Waals surface area (Å²) in [7, 11) is 3.40. The molecule has 4 aliphatic rings. The number of carbonyl (C=O) groups excluding carboxylic acids is 3. The Hall–Kier alpha value is -4.61. The average Bonchev–Trinajstić information content (AvgIpc) is 3.59. The number of fused-ring (bicyclic) bond motifs is 5. The molecule has 48 heavy (non-hydrogen) atoms. The Morgan fingerprint density at radius 1 is 1.15 bits per heavy atom. The molecule has 2 aromatic carbocycles. The predicted molar refractivity (Wildman–Crippen MR) is 179 cm³/mol. The van der Waals surface area contributed by atoms with Crippen LogP contribution in [0.3, 0.4) is 0 Å². The van der Waals surface area contributed by atoms with Crippen molar-refractivity contribution in [1.82, 2.24) is 15.1 Å². The van der Waals surface area contributed by atoms with Crippen LogP contribution in [0.25, 0.3) is 0 Å². The molecule has 1 unspecified atom stereocenters. The van der Waals surface area contributed by atoms with Gasteiger partial charge in [-0.3, -0.25) is 24.2 Å². The Morgan fingerprint density at radius 3 is 2.48 bits per heavy atom. The zero-order chi connectivity index (χ0) is 34.6. The summed E-state index contributed by atoms with van der Waals surface area (Å²) < 4.78 is 23.7. The molecule has 2 amide bonds. The van der Waals surface area contributed by atoms with E-state index in [9.17, 15) is 19.5 Å². The molecule has 4 atom stereocenters. The van der Waals surface area contributed by atoms with Gasteiger partial charge in [-0.25, -0.2) is 0 Å². The Bertz CT molecular complexity index is 1790. The molecular weight excluding hydrogens is 614 g/mol. The van der Waals surface area contributed by atoms with Gasteiger partial charge in [0.15, 0.2) is 23.0 Å². The van der Waals surface area contributed by atoms with E-state index < -0.39 is 29.9 Å².